The molecule has 0 aliphatic carbocycles. The van der Waals surface area contributed by atoms with Crippen molar-refractivity contribution >= 4 is 17.7 Å². The van der Waals surface area contributed by atoms with Crippen molar-refractivity contribution in [1.29, 1.82) is 0 Å². The lowest BCUT2D eigenvalue weighted by Gasteiger charge is -2.13. The molecule has 0 radical (unpaired) electrons. The van der Waals surface area contributed by atoms with Crippen LogP contribution in [0.4, 0.5) is 0 Å². The van der Waals surface area contributed by atoms with Gasteiger partial charge in [-0.1, -0.05) is 12.1 Å². The summed E-state index contributed by atoms with van der Waals surface area (Å²) in [4.78, 5) is 13.4. The number of hydrogen-bond acceptors (Lipinski definition) is 5. The van der Waals surface area contributed by atoms with Gasteiger partial charge in [0.1, 0.15) is 11.5 Å². The zero-order chi connectivity index (χ0) is 17.5. The van der Waals surface area contributed by atoms with Crippen molar-refractivity contribution in [1.82, 2.24) is 5.32 Å². The van der Waals surface area contributed by atoms with Gasteiger partial charge in [-0.05, 0) is 36.1 Å². The van der Waals surface area contributed by atoms with Crippen molar-refractivity contribution in [2.75, 3.05) is 27.0 Å². The number of ether oxygens (including phenoxy) is 2. The number of hydrogen-bond donors (Lipinski definition) is 2. The van der Waals surface area contributed by atoms with Crippen molar-refractivity contribution in [3.8, 4) is 11.5 Å². The van der Waals surface area contributed by atoms with E-state index >= 15 is 0 Å². The first-order valence-electron chi connectivity index (χ1n) is 7.40. The van der Waals surface area contributed by atoms with Gasteiger partial charge in [0, 0.05) is 23.1 Å². The van der Waals surface area contributed by atoms with Crippen molar-refractivity contribution in [2.45, 2.75) is 11.0 Å². The lowest BCUT2D eigenvalue weighted by molar-refractivity contribution is 0.0915. The van der Waals surface area contributed by atoms with Crippen LogP contribution in [0.1, 0.15) is 22.0 Å². The van der Waals surface area contributed by atoms with Crippen LogP contribution >= 0.6 is 11.8 Å². The van der Waals surface area contributed by atoms with Gasteiger partial charge < -0.3 is 19.9 Å². The molecule has 1 atom stereocenters. The molecule has 6 heteroatoms. The van der Waals surface area contributed by atoms with Gasteiger partial charge in [0.25, 0.3) is 5.91 Å². The highest BCUT2D eigenvalue weighted by molar-refractivity contribution is 7.98. The summed E-state index contributed by atoms with van der Waals surface area (Å²) in [5.74, 6) is 0.771. The molecule has 5 nitrogen and oxygen atoms in total. The second kappa shape index (κ2) is 8.61. The highest BCUT2D eigenvalue weighted by Gasteiger charge is 2.13. The van der Waals surface area contributed by atoms with Crippen LogP contribution in [0.3, 0.4) is 0 Å². The standard InChI is InChI=1S/C18H21NO4S/c1-22-14-8-13(9-15(10-14)23-2)18(21)19-11-17(20)12-4-6-16(24-3)7-5-12/h4-10,17,20H,11H2,1-3H3,(H,19,21). The summed E-state index contributed by atoms with van der Waals surface area (Å²) in [6, 6.07) is 12.5. The summed E-state index contributed by atoms with van der Waals surface area (Å²) in [6.07, 6.45) is 1.23. The molecule has 2 aromatic carbocycles. The van der Waals surface area contributed by atoms with Crippen LogP contribution in [-0.2, 0) is 0 Å². The largest absolute Gasteiger partial charge is 0.497 e. The van der Waals surface area contributed by atoms with Crippen LogP contribution in [0.5, 0.6) is 11.5 Å². The fourth-order valence-corrected chi connectivity index (χ4v) is 2.58. The average Bonchev–Trinajstić information content (AvgIpc) is 2.65. The van der Waals surface area contributed by atoms with Gasteiger partial charge >= 0.3 is 0 Å². The molecular weight excluding hydrogens is 326 g/mol. The molecule has 0 fully saturated rings. The van der Waals surface area contributed by atoms with Crippen molar-refractivity contribution in [2.24, 2.45) is 0 Å². The van der Waals surface area contributed by atoms with Gasteiger partial charge in [0.15, 0.2) is 0 Å². The molecule has 24 heavy (non-hydrogen) atoms. The van der Waals surface area contributed by atoms with E-state index in [1.165, 1.54) is 14.2 Å². The van der Waals surface area contributed by atoms with E-state index in [1.807, 2.05) is 30.5 Å². The van der Waals surface area contributed by atoms with E-state index in [0.29, 0.717) is 17.1 Å². The molecule has 0 saturated heterocycles. The highest BCUT2D eigenvalue weighted by atomic mass is 32.2. The minimum atomic E-state index is -0.766. The van der Waals surface area contributed by atoms with E-state index in [2.05, 4.69) is 5.32 Å². The van der Waals surface area contributed by atoms with E-state index < -0.39 is 6.10 Å². The zero-order valence-electron chi connectivity index (χ0n) is 13.9. The van der Waals surface area contributed by atoms with Crippen LogP contribution in [0.2, 0.25) is 0 Å². The molecule has 1 amide bonds. The summed E-state index contributed by atoms with van der Waals surface area (Å²) < 4.78 is 10.3. The highest BCUT2D eigenvalue weighted by Crippen LogP contribution is 2.23. The average molecular weight is 347 g/mol. The quantitative estimate of drug-likeness (QED) is 0.754. The van der Waals surface area contributed by atoms with E-state index in [-0.39, 0.29) is 12.5 Å². The number of methoxy groups -OCH3 is 2. The third-order valence-corrected chi connectivity index (χ3v) is 4.31. The zero-order valence-corrected chi connectivity index (χ0v) is 14.7. The number of aliphatic hydroxyl groups excluding tert-OH is 1. The van der Waals surface area contributed by atoms with Crippen LogP contribution in [0, 0.1) is 0 Å². The van der Waals surface area contributed by atoms with Gasteiger partial charge in [0.05, 0.1) is 20.3 Å². The topological polar surface area (TPSA) is 67.8 Å². The maximum Gasteiger partial charge on any atom is 0.251 e. The maximum absolute atomic E-state index is 12.3. The third kappa shape index (κ3) is 4.66. The van der Waals surface area contributed by atoms with Gasteiger partial charge in [-0.15, -0.1) is 11.8 Å². The van der Waals surface area contributed by atoms with E-state index in [0.717, 1.165) is 10.5 Å². The van der Waals surface area contributed by atoms with E-state index in [1.54, 1.807) is 30.0 Å². The Morgan fingerprint density at radius 3 is 2.21 bits per heavy atom. The predicted molar refractivity (Wildman–Crippen MR) is 95.1 cm³/mol. The second-order valence-electron chi connectivity index (χ2n) is 5.10. The maximum atomic E-state index is 12.3. The molecule has 128 valence electrons. The predicted octanol–water partition coefficient (Wildman–Crippen LogP) is 2.89. The fourth-order valence-electron chi connectivity index (χ4n) is 2.17. The normalized spacial score (nSPS) is 11.7. The summed E-state index contributed by atoms with van der Waals surface area (Å²) >= 11 is 1.64. The molecule has 2 rings (SSSR count). The fraction of sp³-hybridized carbons (Fsp3) is 0.278. The van der Waals surface area contributed by atoms with Gasteiger partial charge in [0.2, 0.25) is 0 Å². The Bertz CT molecular complexity index is 666. The molecule has 0 saturated carbocycles. The summed E-state index contributed by atoms with van der Waals surface area (Å²) in [5.41, 5.74) is 1.17. The first kappa shape index (κ1) is 18.2. The summed E-state index contributed by atoms with van der Waals surface area (Å²) in [5, 5.41) is 12.9. The van der Waals surface area contributed by atoms with E-state index in [4.69, 9.17) is 9.47 Å². The molecule has 0 bridgehead atoms. The number of aliphatic hydroxyl groups is 1. The minimum absolute atomic E-state index is 0.122. The Morgan fingerprint density at radius 1 is 1.12 bits per heavy atom. The Hall–Kier alpha value is -2.18. The number of nitrogens with one attached hydrogen (secondary N) is 1. The molecule has 0 aliphatic heterocycles. The number of benzene rings is 2. The monoisotopic (exact) mass is 347 g/mol. The number of carbonyl (C=O) groups excluding carboxylic acids is 1. The molecule has 0 aliphatic rings. The lowest BCUT2D eigenvalue weighted by Crippen LogP contribution is -2.28. The molecular formula is C18H21NO4S. The molecule has 0 spiro atoms. The van der Waals surface area contributed by atoms with Crippen LogP contribution < -0.4 is 14.8 Å². The molecule has 1 unspecified atom stereocenters. The molecule has 2 aromatic rings. The minimum Gasteiger partial charge on any atom is -0.497 e. The van der Waals surface area contributed by atoms with E-state index in [9.17, 15) is 9.90 Å². The Kier molecular flexibility index (Phi) is 6.52. The summed E-state index contributed by atoms with van der Waals surface area (Å²) in [7, 11) is 3.05. The number of rotatable bonds is 7. The Morgan fingerprint density at radius 2 is 1.71 bits per heavy atom. The Labute approximate surface area is 146 Å². The number of carbonyl (C=O) groups is 1. The first-order valence-corrected chi connectivity index (χ1v) is 8.63. The molecule has 2 N–H and O–H groups in total. The van der Waals surface area contributed by atoms with Crippen LogP contribution in [-0.4, -0.2) is 38.0 Å². The van der Waals surface area contributed by atoms with Gasteiger partial charge in [-0.2, -0.15) is 0 Å². The SMILES string of the molecule is COc1cc(OC)cc(C(=O)NCC(O)c2ccc(SC)cc2)c1. The van der Waals surface area contributed by atoms with Crippen molar-refractivity contribution in [3.63, 3.8) is 0 Å². The van der Waals surface area contributed by atoms with Crippen LogP contribution in [0.15, 0.2) is 47.4 Å². The van der Waals surface area contributed by atoms with Crippen molar-refractivity contribution in [3.05, 3.63) is 53.6 Å². The molecule has 0 heterocycles. The van der Waals surface area contributed by atoms with Gasteiger partial charge in [-0.25, -0.2) is 0 Å². The number of amides is 1. The summed E-state index contributed by atoms with van der Waals surface area (Å²) in [6.45, 7) is 0.122. The van der Waals surface area contributed by atoms with Crippen molar-refractivity contribution < 1.29 is 19.4 Å². The third-order valence-electron chi connectivity index (χ3n) is 3.57. The smallest absolute Gasteiger partial charge is 0.251 e. The van der Waals surface area contributed by atoms with Crippen LogP contribution in [0.25, 0.3) is 0 Å². The lowest BCUT2D eigenvalue weighted by atomic mass is 10.1. The van der Waals surface area contributed by atoms with Gasteiger partial charge in [-0.3, -0.25) is 4.79 Å². The first-order chi connectivity index (χ1) is 11.6. The molecule has 0 aromatic heterocycles. The second-order valence-corrected chi connectivity index (χ2v) is 5.98. The Balaban J connectivity index is 2.01. The number of thioether (sulfide) groups is 1.